The molecule has 0 saturated heterocycles. The second-order valence-electron chi connectivity index (χ2n) is 4.97. The van der Waals surface area contributed by atoms with Crippen LogP contribution in [0.3, 0.4) is 0 Å². The van der Waals surface area contributed by atoms with E-state index in [0.717, 1.165) is 35.9 Å². The van der Waals surface area contributed by atoms with Gasteiger partial charge in [0.15, 0.2) is 0 Å². The molecule has 0 aliphatic heterocycles. The smallest absolute Gasteiger partial charge is 0.133 e. The maximum atomic E-state index is 5.20. The van der Waals surface area contributed by atoms with Crippen molar-refractivity contribution in [1.29, 1.82) is 0 Å². The summed E-state index contributed by atoms with van der Waals surface area (Å²) in [6.45, 7) is 2.97. The summed E-state index contributed by atoms with van der Waals surface area (Å²) >= 11 is 0. The molecule has 0 aliphatic rings. The van der Waals surface area contributed by atoms with Crippen molar-refractivity contribution in [2.75, 3.05) is 26.1 Å². The average Bonchev–Trinajstić information content (AvgIpc) is 2.54. The largest absolute Gasteiger partial charge is 0.497 e. The second-order valence-corrected chi connectivity index (χ2v) is 4.97. The van der Waals surface area contributed by atoms with Gasteiger partial charge in [0.1, 0.15) is 11.6 Å². The van der Waals surface area contributed by atoms with Gasteiger partial charge < -0.3 is 15.0 Å². The molecule has 0 unspecified atom stereocenters. The standard InChI is InChI=1S/C17H23N3O/c1-5-14-10-13(12-18-2)11-17(19-14)20(3)15-6-8-16(21-4)9-7-15/h6-11,18H,5,12H2,1-4H3. The lowest BCUT2D eigenvalue weighted by Gasteiger charge is -2.20. The maximum absolute atomic E-state index is 5.20. The molecule has 1 heterocycles. The lowest BCUT2D eigenvalue weighted by Crippen LogP contribution is -2.14. The molecule has 112 valence electrons. The molecule has 0 atom stereocenters. The van der Waals surface area contributed by atoms with E-state index in [1.165, 1.54) is 5.56 Å². The normalized spacial score (nSPS) is 10.5. The Balaban J connectivity index is 2.31. The lowest BCUT2D eigenvalue weighted by molar-refractivity contribution is 0.415. The maximum Gasteiger partial charge on any atom is 0.133 e. The molecule has 0 spiro atoms. The van der Waals surface area contributed by atoms with E-state index in [1.807, 2.05) is 38.4 Å². The number of aromatic nitrogens is 1. The van der Waals surface area contributed by atoms with Crippen molar-refractivity contribution in [1.82, 2.24) is 10.3 Å². The Morgan fingerprint density at radius 3 is 2.48 bits per heavy atom. The molecule has 0 radical (unpaired) electrons. The summed E-state index contributed by atoms with van der Waals surface area (Å²) in [5.74, 6) is 1.82. The highest BCUT2D eigenvalue weighted by molar-refractivity contribution is 5.60. The van der Waals surface area contributed by atoms with Crippen molar-refractivity contribution < 1.29 is 4.74 Å². The van der Waals surface area contributed by atoms with Crippen LogP contribution in [-0.2, 0) is 13.0 Å². The number of aryl methyl sites for hydroxylation is 1. The zero-order valence-corrected chi connectivity index (χ0v) is 13.2. The van der Waals surface area contributed by atoms with Gasteiger partial charge in [0, 0.05) is 25.0 Å². The molecule has 0 fully saturated rings. The zero-order chi connectivity index (χ0) is 15.2. The van der Waals surface area contributed by atoms with Crippen molar-refractivity contribution in [2.45, 2.75) is 19.9 Å². The Labute approximate surface area is 126 Å². The predicted octanol–water partition coefficient (Wildman–Crippen LogP) is 3.14. The van der Waals surface area contributed by atoms with E-state index < -0.39 is 0 Å². The van der Waals surface area contributed by atoms with Crippen LogP contribution < -0.4 is 15.0 Å². The summed E-state index contributed by atoms with van der Waals surface area (Å²) in [6.07, 6.45) is 0.932. The number of anilines is 2. The highest BCUT2D eigenvalue weighted by Gasteiger charge is 2.08. The molecule has 1 N–H and O–H groups in total. The van der Waals surface area contributed by atoms with E-state index in [2.05, 4.69) is 29.3 Å². The number of nitrogens with one attached hydrogen (secondary N) is 1. The minimum absolute atomic E-state index is 0.846. The molecule has 4 heteroatoms. The molecule has 0 aliphatic carbocycles. The van der Waals surface area contributed by atoms with E-state index in [-0.39, 0.29) is 0 Å². The van der Waals surface area contributed by atoms with Crippen molar-refractivity contribution >= 4 is 11.5 Å². The number of hydrogen-bond acceptors (Lipinski definition) is 4. The van der Waals surface area contributed by atoms with Crippen LogP contribution in [0.25, 0.3) is 0 Å². The topological polar surface area (TPSA) is 37.4 Å². The van der Waals surface area contributed by atoms with Gasteiger partial charge in [-0.25, -0.2) is 4.98 Å². The van der Waals surface area contributed by atoms with Crippen LogP contribution in [0.15, 0.2) is 36.4 Å². The summed E-state index contributed by atoms with van der Waals surface area (Å²) in [6, 6.07) is 12.3. The Hall–Kier alpha value is -2.07. The molecular formula is C17H23N3O. The fourth-order valence-corrected chi connectivity index (χ4v) is 2.23. The highest BCUT2D eigenvalue weighted by Crippen LogP contribution is 2.25. The number of methoxy groups -OCH3 is 1. The number of ether oxygens (including phenoxy) is 1. The summed E-state index contributed by atoms with van der Waals surface area (Å²) in [7, 11) is 5.67. The van der Waals surface area contributed by atoms with E-state index in [1.54, 1.807) is 7.11 Å². The Morgan fingerprint density at radius 1 is 1.19 bits per heavy atom. The number of hydrogen-bond donors (Lipinski definition) is 1. The predicted molar refractivity (Wildman–Crippen MR) is 87.4 cm³/mol. The van der Waals surface area contributed by atoms with Gasteiger partial charge in [-0.1, -0.05) is 6.92 Å². The van der Waals surface area contributed by atoms with Crippen LogP contribution in [-0.4, -0.2) is 26.2 Å². The van der Waals surface area contributed by atoms with Crippen LogP contribution in [0.5, 0.6) is 5.75 Å². The van der Waals surface area contributed by atoms with Gasteiger partial charge in [0.25, 0.3) is 0 Å². The SMILES string of the molecule is CCc1cc(CNC)cc(N(C)c2ccc(OC)cc2)n1. The van der Waals surface area contributed by atoms with Gasteiger partial charge in [-0.2, -0.15) is 0 Å². The fraction of sp³-hybridized carbons (Fsp3) is 0.353. The first-order valence-electron chi connectivity index (χ1n) is 7.20. The lowest BCUT2D eigenvalue weighted by atomic mass is 10.2. The van der Waals surface area contributed by atoms with Gasteiger partial charge >= 0.3 is 0 Å². The van der Waals surface area contributed by atoms with Crippen LogP contribution >= 0.6 is 0 Å². The molecule has 0 saturated carbocycles. The van der Waals surface area contributed by atoms with E-state index in [4.69, 9.17) is 9.72 Å². The first-order valence-corrected chi connectivity index (χ1v) is 7.20. The van der Waals surface area contributed by atoms with Gasteiger partial charge in [0.05, 0.1) is 7.11 Å². The quantitative estimate of drug-likeness (QED) is 0.885. The van der Waals surface area contributed by atoms with Gasteiger partial charge in [-0.05, 0) is 55.4 Å². The van der Waals surface area contributed by atoms with E-state index >= 15 is 0 Å². The molecule has 2 aromatic rings. The average molecular weight is 285 g/mol. The monoisotopic (exact) mass is 285 g/mol. The minimum Gasteiger partial charge on any atom is -0.497 e. The Bertz CT molecular complexity index is 581. The molecule has 2 rings (SSSR count). The van der Waals surface area contributed by atoms with Gasteiger partial charge in [0.2, 0.25) is 0 Å². The van der Waals surface area contributed by atoms with E-state index in [9.17, 15) is 0 Å². The summed E-state index contributed by atoms with van der Waals surface area (Å²) in [4.78, 5) is 6.81. The third kappa shape index (κ3) is 3.73. The van der Waals surface area contributed by atoms with Crippen molar-refractivity contribution in [2.24, 2.45) is 0 Å². The Kier molecular flexibility index (Phi) is 5.17. The first-order chi connectivity index (χ1) is 10.2. The molecule has 4 nitrogen and oxygen atoms in total. The zero-order valence-electron chi connectivity index (χ0n) is 13.2. The van der Waals surface area contributed by atoms with Crippen molar-refractivity contribution in [3.05, 3.63) is 47.7 Å². The van der Waals surface area contributed by atoms with Crippen LogP contribution in [0.2, 0.25) is 0 Å². The van der Waals surface area contributed by atoms with Gasteiger partial charge in [-0.15, -0.1) is 0 Å². The molecule has 0 amide bonds. The first kappa shape index (κ1) is 15.3. The minimum atomic E-state index is 0.846. The molecule has 21 heavy (non-hydrogen) atoms. The third-order valence-corrected chi connectivity index (χ3v) is 3.47. The fourth-order valence-electron chi connectivity index (χ4n) is 2.23. The number of pyridine rings is 1. The summed E-state index contributed by atoms with van der Waals surface area (Å²) in [5, 5.41) is 3.19. The van der Waals surface area contributed by atoms with Gasteiger partial charge in [-0.3, -0.25) is 0 Å². The van der Waals surface area contributed by atoms with Crippen LogP contribution in [0, 0.1) is 0 Å². The van der Waals surface area contributed by atoms with Crippen LogP contribution in [0.1, 0.15) is 18.2 Å². The van der Waals surface area contributed by atoms with E-state index in [0.29, 0.717) is 0 Å². The molecular weight excluding hydrogens is 262 g/mol. The number of nitrogens with zero attached hydrogens (tertiary/aromatic N) is 2. The number of rotatable bonds is 6. The third-order valence-electron chi connectivity index (χ3n) is 3.47. The second kappa shape index (κ2) is 7.09. The summed E-state index contributed by atoms with van der Waals surface area (Å²) in [5.41, 5.74) is 3.45. The van der Waals surface area contributed by atoms with Crippen molar-refractivity contribution in [3.63, 3.8) is 0 Å². The van der Waals surface area contributed by atoms with Crippen molar-refractivity contribution in [3.8, 4) is 5.75 Å². The summed E-state index contributed by atoms with van der Waals surface area (Å²) < 4.78 is 5.20. The molecule has 1 aromatic heterocycles. The molecule has 1 aromatic carbocycles. The van der Waals surface area contributed by atoms with Crippen LogP contribution in [0.4, 0.5) is 11.5 Å². The molecule has 0 bridgehead atoms. The number of benzene rings is 1. The Morgan fingerprint density at radius 2 is 1.90 bits per heavy atom. The highest BCUT2D eigenvalue weighted by atomic mass is 16.5.